The quantitative estimate of drug-likeness (QED) is 0.830. The zero-order chi connectivity index (χ0) is 14.6. The Morgan fingerprint density at radius 1 is 1.30 bits per heavy atom. The lowest BCUT2D eigenvalue weighted by atomic mass is 9.91. The molecule has 1 saturated carbocycles. The third kappa shape index (κ3) is 3.37. The van der Waals surface area contributed by atoms with Crippen LogP contribution in [-0.4, -0.2) is 11.4 Å². The first-order valence-corrected chi connectivity index (χ1v) is 7.54. The van der Waals surface area contributed by atoms with E-state index >= 15 is 0 Å². The van der Waals surface area contributed by atoms with Crippen molar-refractivity contribution in [3.05, 3.63) is 34.1 Å². The summed E-state index contributed by atoms with van der Waals surface area (Å²) in [6.45, 7) is 0. The Morgan fingerprint density at radius 3 is 2.50 bits per heavy atom. The molecule has 2 rings (SSSR count). The van der Waals surface area contributed by atoms with Crippen molar-refractivity contribution < 1.29 is 9.18 Å². The Hall–Kier alpha value is -1.41. The number of halogens is 2. The number of amides is 1. The molecule has 0 radical (unpaired) electrons. The molecule has 5 heteroatoms. The summed E-state index contributed by atoms with van der Waals surface area (Å²) in [6, 6.07) is 6.47. The maximum absolute atomic E-state index is 13.5. The van der Waals surface area contributed by atoms with E-state index in [4.69, 9.17) is 0 Å². The number of hydrogen-bond donors (Lipinski definition) is 1. The second-order valence-electron chi connectivity index (χ2n) is 5.19. The Balaban J connectivity index is 2.16. The number of carbonyl (C=O) groups excluding carboxylic acids is 1. The second-order valence-corrected chi connectivity index (χ2v) is 6.05. The fourth-order valence-electron chi connectivity index (χ4n) is 2.52. The highest BCUT2D eigenvalue weighted by Gasteiger charge is 2.32. The number of benzene rings is 1. The largest absolute Gasteiger partial charge is 0.334 e. The summed E-state index contributed by atoms with van der Waals surface area (Å²) < 4.78 is 13.8. The lowest BCUT2D eigenvalue weighted by Crippen LogP contribution is -2.47. The molecule has 3 nitrogen and oxygen atoms in total. The summed E-state index contributed by atoms with van der Waals surface area (Å²) in [5.41, 5.74) is -0.568. The summed E-state index contributed by atoms with van der Waals surface area (Å²) in [4.78, 5) is 12.2. The molecule has 20 heavy (non-hydrogen) atoms. The molecule has 0 aromatic heterocycles. The van der Waals surface area contributed by atoms with E-state index in [-0.39, 0.29) is 11.5 Å². The van der Waals surface area contributed by atoms with Crippen molar-refractivity contribution in [2.75, 3.05) is 0 Å². The van der Waals surface area contributed by atoms with E-state index in [1.54, 1.807) is 6.07 Å². The van der Waals surface area contributed by atoms with Gasteiger partial charge in [0.05, 0.1) is 10.5 Å². The summed E-state index contributed by atoms with van der Waals surface area (Å²) in [6.07, 6.45) is 5.37. The summed E-state index contributed by atoms with van der Waals surface area (Å²) >= 11 is 3.05. The molecule has 1 aromatic carbocycles. The SMILES string of the molecule is N#CC1(NC(=O)c2ccc(Br)c(F)c2)CCCCCC1. The molecule has 1 amide bonds. The first-order valence-electron chi connectivity index (χ1n) is 6.75. The molecule has 1 aliphatic carbocycles. The maximum Gasteiger partial charge on any atom is 0.252 e. The highest BCUT2D eigenvalue weighted by Crippen LogP contribution is 2.27. The van der Waals surface area contributed by atoms with Crippen LogP contribution in [0.15, 0.2) is 22.7 Å². The van der Waals surface area contributed by atoms with E-state index in [2.05, 4.69) is 27.3 Å². The molecule has 0 spiro atoms. The molecule has 0 atom stereocenters. The lowest BCUT2D eigenvalue weighted by Gasteiger charge is -2.26. The topological polar surface area (TPSA) is 52.9 Å². The van der Waals surface area contributed by atoms with E-state index in [1.807, 2.05) is 0 Å². The van der Waals surface area contributed by atoms with Crippen LogP contribution in [0.3, 0.4) is 0 Å². The molecule has 1 fully saturated rings. The molecule has 106 valence electrons. The maximum atomic E-state index is 13.5. The Bertz CT molecular complexity index is 545. The molecule has 0 saturated heterocycles. The monoisotopic (exact) mass is 338 g/mol. The minimum Gasteiger partial charge on any atom is -0.334 e. The Morgan fingerprint density at radius 2 is 1.95 bits per heavy atom. The van der Waals surface area contributed by atoms with Gasteiger partial charge in [0.15, 0.2) is 0 Å². The average Bonchev–Trinajstić information content (AvgIpc) is 2.68. The number of hydrogen-bond acceptors (Lipinski definition) is 2. The smallest absolute Gasteiger partial charge is 0.252 e. The zero-order valence-electron chi connectivity index (χ0n) is 11.1. The predicted octanol–water partition coefficient (Wildman–Crippen LogP) is 3.93. The molecule has 1 aliphatic rings. The fourth-order valence-corrected chi connectivity index (χ4v) is 2.77. The van der Waals surface area contributed by atoms with Gasteiger partial charge >= 0.3 is 0 Å². The third-order valence-electron chi connectivity index (χ3n) is 3.71. The molecular formula is C15H16BrFN2O. The minimum atomic E-state index is -0.808. The van der Waals surface area contributed by atoms with Gasteiger partial charge < -0.3 is 5.32 Å². The van der Waals surface area contributed by atoms with Gasteiger partial charge in [-0.1, -0.05) is 25.7 Å². The molecule has 0 bridgehead atoms. The number of rotatable bonds is 2. The van der Waals surface area contributed by atoms with Crippen molar-refractivity contribution in [1.82, 2.24) is 5.32 Å². The van der Waals surface area contributed by atoms with Crippen molar-refractivity contribution in [1.29, 1.82) is 5.26 Å². The first kappa shape index (κ1) is 15.0. The van der Waals surface area contributed by atoms with Gasteiger partial charge in [-0.3, -0.25) is 4.79 Å². The van der Waals surface area contributed by atoms with Gasteiger partial charge in [0, 0.05) is 5.56 Å². The summed E-state index contributed by atoms with van der Waals surface area (Å²) in [5, 5.41) is 12.2. The van der Waals surface area contributed by atoms with Crippen molar-refractivity contribution in [3.63, 3.8) is 0 Å². The van der Waals surface area contributed by atoms with Gasteiger partial charge in [-0.15, -0.1) is 0 Å². The normalized spacial score (nSPS) is 17.9. The van der Waals surface area contributed by atoms with Crippen LogP contribution in [0.5, 0.6) is 0 Å². The van der Waals surface area contributed by atoms with Crippen LogP contribution >= 0.6 is 15.9 Å². The van der Waals surface area contributed by atoms with E-state index in [1.165, 1.54) is 12.1 Å². The number of carbonyl (C=O) groups is 1. The van der Waals surface area contributed by atoms with Crippen LogP contribution in [0.2, 0.25) is 0 Å². The molecule has 1 aromatic rings. The minimum absolute atomic E-state index is 0.240. The van der Waals surface area contributed by atoms with Crippen LogP contribution in [0.1, 0.15) is 48.9 Å². The van der Waals surface area contributed by atoms with E-state index in [9.17, 15) is 14.4 Å². The summed E-state index contributed by atoms with van der Waals surface area (Å²) in [5.74, 6) is -0.871. The average molecular weight is 339 g/mol. The fraction of sp³-hybridized carbons (Fsp3) is 0.467. The van der Waals surface area contributed by atoms with Gasteiger partial charge in [0.25, 0.3) is 5.91 Å². The number of nitriles is 1. The number of nitrogens with zero attached hydrogens (tertiary/aromatic N) is 1. The molecule has 1 N–H and O–H groups in total. The lowest BCUT2D eigenvalue weighted by molar-refractivity contribution is 0.0912. The van der Waals surface area contributed by atoms with Gasteiger partial charge in [0.1, 0.15) is 11.4 Å². The van der Waals surface area contributed by atoms with Crippen LogP contribution in [0, 0.1) is 17.1 Å². The van der Waals surface area contributed by atoms with Gasteiger partial charge in [0.2, 0.25) is 0 Å². The van der Waals surface area contributed by atoms with E-state index in [0.29, 0.717) is 17.3 Å². The predicted molar refractivity (Wildman–Crippen MR) is 77.6 cm³/mol. The Kier molecular flexibility index (Phi) is 4.77. The van der Waals surface area contributed by atoms with Crippen molar-refractivity contribution in [3.8, 4) is 6.07 Å². The number of nitrogens with one attached hydrogen (secondary N) is 1. The van der Waals surface area contributed by atoms with Crippen molar-refractivity contribution >= 4 is 21.8 Å². The zero-order valence-corrected chi connectivity index (χ0v) is 12.7. The van der Waals surface area contributed by atoms with E-state index < -0.39 is 11.4 Å². The molecule has 0 heterocycles. The van der Waals surface area contributed by atoms with Crippen molar-refractivity contribution in [2.24, 2.45) is 0 Å². The van der Waals surface area contributed by atoms with Crippen molar-refractivity contribution in [2.45, 2.75) is 44.1 Å². The molecule has 0 aliphatic heterocycles. The Labute approximate surface area is 126 Å². The highest BCUT2D eigenvalue weighted by atomic mass is 79.9. The molecule has 0 unspecified atom stereocenters. The van der Waals surface area contributed by atoms with Gasteiger partial charge in [-0.05, 0) is 47.0 Å². The standard InChI is InChI=1S/C15H16BrFN2O/c16-12-6-5-11(9-13(12)17)14(20)19-15(10-18)7-3-1-2-4-8-15/h5-6,9H,1-4,7-8H2,(H,19,20). The summed E-state index contributed by atoms with van der Waals surface area (Å²) in [7, 11) is 0. The third-order valence-corrected chi connectivity index (χ3v) is 4.35. The van der Waals surface area contributed by atoms with Crippen LogP contribution < -0.4 is 5.32 Å². The van der Waals surface area contributed by atoms with Gasteiger partial charge in [-0.2, -0.15) is 5.26 Å². The highest BCUT2D eigenvalue weighted by molar-refractivity contribution is 9.10. The van der Waals surface area contributed by atoms with Gasteiger partial charge in [-0.25, -0.2) is 4.39 Å². The van der Waals surface area contributed by atoms with Crippen LogP contribution in [0.4, 0.5) is 4.39 Å². The second kappa shape index (κ2) is 6.36. The first-order chi connectivity index (χ1) is 9.56. The van der Waals surface area contributed by atoms with E-state index in [0.717, 1.165) is 25.7 Å². The van der Waals surface area contributed by atoms with Crippen LogP contribution in [-0.2, 0) is 0 Å². The molecular weight excluding hydrogens is 323 g/mol. The van der Waals surface area contributed by atoms with Crippen LogP contribution in [0.25, 0.3) is 0 Å².